The smallest absolute Gasteiger partial charge is 0.406 e. The van der Waals surface area contributed by atoms with Gasteiger partial charge < -0.3 is 15.0 Å². The van der Waals surface area contributed by atoms with Crippen molar-refractivity contribution in [2.45, 2.75) is 64.3 Å². The number of nitrogens with one attached hydrogen (secondary N) is 1. The van der Waals surface area contributed by atoms with Crippen molar-refractivity contribution < 1.29 is 22.7 Å². The van der Waals surface area contributed by atoms with Gasteiger partial charge in [-0.05, 0) is 72.7 Å². The standard InChI is InChI=1S/C34H35F3N6O2S/c1-21(2)27-16-7-22(3)19-30(27)42-17-18-46-33(42)40-32(44)39-29-6-4-5-28(29)23-8-10-24(11-9-23)31-38-20-43(41-31)25-12-14-26(15-13-25)45-34(35,36)37/h7-16,19-21,28-29H,4-6,17-18H2,1-3H3,(H,39,44). The number of amidine groups is 1. The minimum Gasteiger partial charge on any atom is -0.406 e. The zero-order valence-electron chi connectivity index (χ0n) is 25.8. The van der Waals surface area contributed by atoms with E-state index in [2.05, 4.69) is 69.0 Å². The van der Waals surface area contributed by atoms with Gasteiger partial charge in [0.1, 0.15) is 12.1 Å². The van der Waals surface area contributed by atoms with Crippen molar-refractivity contribution in [2.75, 3.05) is 17.2 Å². The van der Waals surface area contributed by atoms with Crippen LogP contribution < -0.4 is 15.0 Å². The van der Waals surface area contributed by atoms with E-state index in [1.54, 1.807) is 11.8 Å². The molecule has 2 amide bonds. The fraction of sp³-hybridized carbons (Fsp3) is 0.353. The van der Waals surface area contributed by atoms with Crippen LogP contribution in [0.3, 0.4) is 0 Å². The first-order valence-corrected chi connectivity index (χ1v) is 16.3. The molecule has 1 N–H and O–H groups in total. The number of carbonyl (C=O) groups excluding carboxylic acids is 1. The van der Waals surface area contributed by atoms with Crippen molar-refractivity contribution in [2.24, 2.45) is 4.99 Å². The Hall–Kier alpha value is -4.32. The number of benzene rings is 3. The molecule has 2 aliphatic rings. The highest BCUT2D eigenvalue weighted by atomic mass is 32.2. The van der Waals surface area contributed by atoms with Crippen molar-refractivity contribution in [1.82, 2.24) is 20.1 Å². The molecule has 0 bridgehead atoms. The van der Waals surface area contributed by atoms with Gasteiger partial charge in [-0.15, -0.1) is 18.3 Å². The summed E-state index contributed by atoms with van der Waals surface area (Å²) in [6.07, 6.45) is -0.380. The van der Waals surface area contributed by atoms with Crippen LogP contribution >= 0.6 is 11.8 Å². The summed E-state index contributed by atoms with van der Waals surface area (Å²) in [5.41, 5.74) is 6.03. The molecule has 240 valence electrons. The number of aryl methyl sites for hydroxylation is 1. The predicted octanol–water partition coefficient (Wildman–Crippen LogP) is 8.22. The van der Waals surface area contributed by atoms with Crippen LogP contribution in [0.25, 0.3) is 17.1 Å². The first-order chi connectivity index (χ1) is 22.0. The highest BCUT2D eigenvalue weighted by Crippen LogP contribution is 2.36. The molecule has 1 saturated carbocycles. The maximum absolute atomic E-state index is 13.2. The van der Waals surface area contributed by atoms with Gasteiger partial charge in [-0.2, -0.15) is 4.99 Å². The number of nitrogens with zero attached hydrogens (tertiary/aromatic N) is 5. The average Bonchev–Trinajstić information content (AvgIpc) is 3.78. The van der Waals surface area contributed by atoms with E-state index in [9.17, 15) is 18.0 Å². The summed E-state index contributed by atoms with van der Waals surface area (Å²) in [7, 11) is 0. The van der Waals surface area contributed by atoms with Gasteiger partial charge >= 0.3 is 12.4 Å². The van der Waals surface area contributed by atoms with Gasteiger partial charge in [-0.25, -0.2) is 14.5 Å². The number of aromatic nitrogens is 3. The molecule has 2 fully saturated rings. The molecule has 2 unspecified atom stereocenters. The van der Waals surface area contributed by atoms with Crippen molar-refractivity contribution in [3.05, 3.63) is 89.7 Å². The molecule has 1 aliphatic carbocycles. The zero-order chi connectivity index (χ0) is 32.4. The Morgan fingerprint density at radius 1 is 1.07 bits per heavy atom. The Morgan fingerprint density at radius 2 is 1.83 bits per heavy atom. The summed E-state index contributed by atoms with van der Waals surface area (Å²) >= 11 is 1.61. The van der Waals surface area contributed by atoms with Crippen molar-refractivity contribution in [3.8, 4) is 22.8 Å². The lowest BCUT2D eigenvalue weighted by Gasteiger charge is -2.24. The number of ether oxygens (including phenoxy) is 1. The number of aliphatic imine (C=N–C) groups is 1. The van der Waals surface area contributed by atoms with Crippen LogP contribution in [0.15, 0.2) is 78.0 Å². The Morgan fingerprint density at radius 3 is 2.54 bits per heavy atom. The molecule has 46 heavy (non-hydrogen) atoms. The third-order valence-corrected chi connectivity index (χ3v) is 9.28. The lowest BCUT2D eigenvalue weighted by molar-refractivity contribution is -0.274. The maximum atomic E-state index is 13.2. The Labute approximate surface area is 270 Å². The van der Waals surface area contributed by atoms with Crippen LogP contribution in [0.4, 0.5) is 23.7 Å². The van der Waals surface area contributed by atoms with Gasteiger partial charge in [0.25, 0.3) is 0 Å². The molecule has 2 atom stereocenters. The molecule has 4 aromatic rings. The SMILES string of the molecule is Cc1ccc(C(C)C)c(N2CCSC2=NC(=O)NC2CCCC2c2ccc(-c3ncn(-c4ccc(OC(F)(F)F)cc4)n3)cc2)c1. The number of urea groups is 1. The number of thioether (sulfide) groups is 1. The second-order valence-corrected chi connectivity index (χ2v) is 12.9. The fourth-order valence-electron chi connectivity index (χ4n) is 6.10. The predicted molar refractivity (Wildman–Crippen MR) is 175 cm³/mol. The Balaban J connectivity index is 1.11. The van der Waals surface area contributed by atoms with Crippen LogP contribution in [-0.2, 0) is 0 Å². The molecule has 6 rings (SSSR count). The van der Waals surface area contributed by atoms with Gasteiger partial charge in [0, 0.05) is 35.5 Å². The number of rotatable bonds is 7. The highest BCUT2D eigenvalue weighted by molar-refractivity contribution is 8.14. The molecule has 1 saturated heterocycles. The summed E-state index contributed by atoms with van der Waals surface area (Å²) in [6.45, 7) is 7.26. The number of alkyl halides is 3. The monoisotopic (exact) mass is 648 g/mol. The van der Waals surface area contributed by atoms with E-state index in [4.69, 9.17) is 0 Å². The third-order valence-electron chi connectivity index (χ3n) is 8.32. The van der Waals surface area contributed by atoms with Gasteiger partial charge in [-0.1, -0.05) is 68.4 Å². The summed E-state index contributed by atoms with van der Waals surface area (Å²) < 4.78 is 42.8. The van der Waals surface area contributed by atoms with Gasteiger partial charge in [0.2, 0.25) is 0 Å². The third kappa shape index (κ3) is 7.22. The van der Waals surface area contributed by atoms with Crippen molar-refractivity contribution in [1.29, 1.82) is 0 Å². The van der Waals surface area contributed by atoms with E-state index >= 15 is 0 Å². The van der Waals surface area contributed by atoms with E-state index < -0.39 is 6.36 Å². The number of hydrogen-bond donors (Lipinski definition) is 1. The lowest BCUT2D eigenvalue weighted by Crippen LogP contribution is -2.36. The second-order valence-electron chi connectivity index (χ2n) is 11.9. The molecule has 1 aliphatic heterocycles. The van der Waals surface area contributed by atoms with E-state index in [1.165, 1.54) is 46.4 Å². The van der Waals surface area contributed by atoms with Crippen LogP contribution in [0, 0.1) is 6.92 Å². The second kappa shape index (κ2) is 13.2. The maximum Gasteiger partial charge on any atom is 0.573 e. The van der Waals surface area contributed by atoms with Crippen molar-refractivity contribution >= 4 is 28.6 Å². The number of amides is 2. The molecule has 1 aromatic heterocycles. The summed E-state index contributed by atoms with van der Waals surface area (Å²) in [5.74, 6) is 1.59. The molecule has 3 aromatic carbocycles. The molecule has 8 nitrogen and oxygen atoms in total. The normalized spacial score (nSPS) is 19.3. The van der Waals surface area contributed by atoms with E-state index in [0.717, 1.165) is 53.5 Å². The Bertz CT molecular complexity index is 1720. The van der Waals surface area contributed by atoms with E-state index in [0.29, 0.717) is 17.4 Å². The molecule has 0 spiro atoms. The van der Waals surface area contributed by atoms with Crippen LogP contribution in [-0.4, -0.2) is 50.7 Å². The molecule has 2 heterocycles. The van der Waals surface area contributed by atoms with Gasteiger partial charge in [0.15, 0.2) is 11.0 Å². The van der Waals surface area contributed by atoms with Gasteiger partial charge in [-0.3, -0.25) is 0 Å². The Kier molecular flexibility index (Phi) is 9.08. The molecular weight excluding hydrogens is 613 g/mol. The summed E-state index contributed by atoms with van der Waals surface area (Å²) in [4.78, 5) is 24.3. The molecule has 0 radical (unpaired) electrons. The van der Waals surface area contributed by atoms with Crippen LogP contribution in [0.5, 0.6) is 5.75 Å². The molecule has 12 heteroatoms. The molecular formula is C34H35F3N6O2S. The van der Waals surface area contributed by atoms with Gasteiger partial charge in [0.05, 0.1) is 5.69 Å². The zero-order valence-corrected chi connectivity index (χ0v) is 26.6. The first-order valence-electron chi connectivity index (χ1n) is 15.3. The largest absolute Gasteiger partial charge is 0.573 e. The van der Waals surface area contributed by atoms with Crippen molar-refractivity contribution in [3.63, 3.8) is 0 Å². The fourth-order valence-corrected chi connectivity index (χ4v) is 7.05. The number of carbonyl (C=O) groups is 1. The number of anilines is 1. The van der Waals surface area contributed by atoms with Crippen LogP contribution in [0.1, 0.15) is 61.6 Å². The minimum absolute atomic E-state index is 0.0191. The topological polar surface area (TPSA) is 84.6 Å². The lowest BCUT2D eigenvalue weighted by atomic mass is 9.93. The number of hydrogen-bond acceptors (Lipinski definition) is 5. The highest BCUT2D eigenvalue weighted by Gasteiger charge is 2.32. The van der Waals surface area contributed by atoms with E-state index in [-0.39, 0.29) is 23.7 Å². The summed E-state index contributed by atoms with van der Waals surface area (Å²) in [6, 6.07) is 19.6. The first kappa shape index (κ1) is 31.7. The average molecular weight is 649 g/mol. The summed E-state index contributed by atoms with van der Waals surface area (Å²) in [5, 5.41) is 8.43. The number of halogens is 3. The quantitative estimate of drug-likeness (QED) is 0.217. The van der Waals surface area contributed by atoms with E-state index in [1.807, 2.05) is 24.3 Å². The minimum atomic E-state index is -4.75. The van der Waals surface area contributed by atoms with Crippen LogP contribution in [0.2, 0.25) is 0 Å².